The molecule has 2 bridgehead atoms. The van der Waals surface area contributed by atoms with E-state index in [1.165, 1.54) is 12.8 Å². The van der Waals surface area contributed by atoms with Gasteiger partial charge in [-0.3, -0.25) is 0 Å². The highest BCUT2D eigenvalue weighted by molar-refractivity contribution is 5.51. The van der Waals surface area contributed by atoms with Gasteiger partial charge in [0.05, 0.1) is 24.4 Å². The molecule has 23 heavy (non-hydrogen) atoms. The Morgan fingerprint density at radius 1 is 1.26 bits per heavy atom. The van der Waals surface area contributed by atoms with Gasteiger partial charge in [0.25, 0.3) is 5.78 Å². The first-order valence-corrected chi connectivity index (χ1v) is 8.28. The second-order valence-corrected chi connectivity index (χ2v) is 7.01. The summed E-state index contributed by atoms with van der Waals surface area (Å²) < 4.78 is 13.0. The molecule has 3 heterocycles. The van der Waals surface area contributed by atoms with Gasteiger partial charge in [-0.2, -0.15) is 14.6 Å². The Morgan fingerprint density at radius 3 is 3.00 bits per heavy atom. The van der Waals surface area contributed by atoms with Crippen molar-refractivity contribution in [2.24, 2.45) is 17.8 Å². The zero-order chi connectivity index (χ0) is 15.6. The highest BCUT2D eigenvalue weighted by atomic mass is 16.5. The Hall–Kier alpha value is -1.73. The number of methoxy groups -OCH3 is 2. The maximum absolute atomic E-state index is 5.87. The Balaban J connectivity index is 1.61. The summed E-state index contributed by atoms with van der Waals surface area (Å²) in [7, 11) is 3.54. The number of rotatable bonds is 4. The standard InChI is InChI=1S/C16H21N5O2/c1-22-7-11-5-13(21-16(19-11)17-8-18-21)20-6-10-3-9-4-12(10)14(20)15(9)23-2/h5,8-10,12,14-15H,3-4,6-7H2,1-2H3/t9-,10-,12+,14+,15-/m0/s1. The molecule has 0 N–H and O–H groups in total. The van der Waals surface area contributed by atoms with Crippen LogP contribution in [-0.4, -0.2) is 52.5 Å². The van der Waals surface area contributed by atoms with Crippen molar-refractivity contribution in [3.8, 4) is 0 Å². The molecule has 1 saturated heterocycles. The molecule has 5 atom stereocenters. The van der Waals surface area contributed by atoms with E-state index in [9.17, 15) is 0 Å². The van der Waals surface area contributed by atoms with Gasteiger partial charge in [-0.1, -0.05) is 0 Å². The summed E-state index contributed by atoms with van der Waals surface area (Å²) in [4.78, 5) is 11.3. The molecule has 5 rings (SSSR count). The zero-order valence-corrected chi connectivity index (χ0v) is 13.4. The molecule has 122 valence electrons. The predicted molar refractivity (Wildman–Crippen MR) is 83.1 cm³/mol. The van der Waals surface area contributed by atoms with Crippen LogP contribution >= 0.6 is 0 Å². The minimum absolute atomic E-state index is 0.330. The third kappa shape index (κ3) is 1.80. The maximum Gasteiger partial charge on any atom is 0.254 e. The molecule has 0 spiro atoms. The molecule has 0 amide bonds. The fourth-order valence-corrected chi connectivity index (χ4v) is 5.25. The molecule has 2 aliphatic carbocycles. The Morgan fingerprint density at radius 2 is 2.17 bits per heavy atom. The second-order valence-electron chi connectivity index (χ2n) is 7.01. The Kier molecular flexibility index (Phi) is 2.90. The van der Waals surface area contributed by atoms with Crippen molar-refractivity contribution < 1.29 is 9.47 Å². The molecule has 0 aromatic carbocycles. The molecule has 3 aliphatic rings. The van der Waals surface area contributed by atoms with Gasteiger partial charge in [-0.05, 0) is 30.6 Å². The minimum atomic E-state index is 0.330. The third-order valence-electron chi connectivity index (χ3n) is 5.96. The second kappa shape index (κ2) is 4.88. The zero-order valence-electron chi connectivity index (χ0n) is 13.4. The number of ether oxygens (including phenoxy) is 2. The van der Waals surface area contributed by atoms with Gasteiger partial charge in [0.2, 0.25) is 0 Å². The van der Waals surface area contributed by atoms with Crippen LogP contribution in [0, 0.1) is 17.8 Å². The van der Waals surface area contributed by atoms with Crippen LogP contribution in [0.1, 0.15) is 18.5 Å². The van der Waals surface area contributed by atoms with Crippen molar-refractivity contribution in [2.45, 2.75) is 31.6 Å². The highest BCUT2D eigenvalue weighted by Crippen LogP contribution is 2.56. The van der Waals surface area contributed by atoms with Crippen LogP contribution in [0.5, 0.6) is 0 Å². The monoisotopic (exact) mass is 315 g/mol. The number of hydrogen-bond acceptors (Lipinski definition) is 6. The first kappa shape index (κ1) is 13.7. The van der Waals surface area contributed by atoms with Gasteiger partial charge in [-0.25, -0.2) is 4.98 Å². The van der Waals surface area contributed by atoms with Crippen LogP contribution in [0.4, 0.5) is 5.82 Å². The van der Waals surface area contributed by atoms with Crippen molar-refractivity contribution in [2.75, 3.05) is 25.7 Å². The van der Waals surface area contributed by atoms with Gasteiger partial charge in [-0.15, -0.1) is 0 Å². The third-order valence-corrected chi connectivity index (χ3v) is 5.96. The number of aromatic nitrogens is 4. The number of hydrogen-bond donors (Lipinski definition) is 0. The van der Waals surface area contributed by atoms with E-state index in [0.717, 1.165) is 35.8 Å². The topological polar surface area (TPSA) is 64.8 Å². The molecule has 2 aromatic rings. The summed E-state index contributed by atoms with van der Waals surface area (Å²) in [5, 5.41) is 4.39. The summed E-state index contributed by atoms with van der Waals surface area (Å²) in [5.41, 5.74) is 0.894. The Labute approximate surface area is 134 Å². The fourth-order valence-electron chi connectivity index (χ4n) is 5.25. The van der Waals surface area contributed by atoms with E-state index in [-0.39, 0.29) is 0 Å². The summed E-state index contributed by atoms with van der Waals surface area (Å²) in [6.07, 6.45) is 4.50. The van der Waals surface area contributed by atoms with E-state index in [1.807, 2.05) is 11.6 Å². The van der Waals surface area contributed by atoms with Crippen LogP contribution < -0.4 is 4.90 Å². The SMILES string of the molecule is COCc1cc(N2C[C@@H]3C[C@H]4C[C@H]3[C@@H]2[C@H]4OC)n2ncnc2n1. The normalized spacial score (nSPS) is 34.9. The first-order chi connectivity index (χ1) is 11.3. The lowest BCUT2D eigenvalue weighted by molar-refractivity contribution is 0.0446. The van der Waals surface area contributed by atoms with Gasteiger partial charge in [0.1, 0.15) is 12.1 Å². The van der Waals surface area contributed by atoms with Crippen LogP contribution in [0.25, 0.3) is 5.78 Å². The lowest BCUT2D eigenvalue weighted by Crippen LogP contribution is -2.42. The largest absolute Gasteiger partial charge is 0.379 e. The van der Waals surface area contributed by atoms with E-state index in [0.29, 0.717) is 24.5 Å². The summed E-state index contributed by atoms with van der Waals surface area (Å²) >= 11 is 0. The molecule has 2 aromatic heterocycles. The van der Waals surface area contributed by atoms with Gasteiger partial charge in [0.15, 0.2) is 0 Å². The summed E-state index contributed by atoms with van der Waals surface area (Å²) in [6.45, 7) is 1.56. The molecule has 0 unspecified atom stereocenters. The molecule has 0 radical (unpaired) electrons. The molecule has 2 saturated carbocycles. The number of anilines is 1. The Bertz CT molecular complexity index is 745. The molecule has 1 aliphatic heterocycles. The van der Waals surface area contributed by atoms with E-state index < -0.39 is 0 Å². The van der Waals surface area contributed by atoms with E-state index in [1.54, 1.807) is 13.4 Å². The van der Waals surface area contributed by atoms with Crippen molar-refractivity contribution in [1.82, 2.24) is 19.6 Å². The number of nitrogens with zero attached hydrogens (tertiary/aromatic N) is 5. The van der Waals surface area contributed by atoms with Crippen molar-refractivity contribution in [1.29, 1.82) is 0 Å². The van der Waals surface area contributed by atoms with E-state index >= 15 is 0 Å². The molecule has 7 heteroatoms. The lowest BCUT2D eigenvalue weighted by atomic mass is 9.88. The lowest BCUT2D eigenvalue weighted by Gasteiger charge is -2.32. The van der Waals surface area contributed by atoms with Crippen LogP contribution in [-0.2, 0) is 16.1 Å². The van der Waals surface area contributed by atoms with Gasteiger partial charge < -0.3 is 14.4 Å². The van der Waals surface area contributed by atoms with Gasteiger partial charge in [0, 0.05) is 26.8 Å². The van der Waals surface area contributed by atoms with E-state index in [4.69, 9.17) is 9.47 Å². The summed E-state index contributed by atoms with van der Waals surface area (Å²) in [6, 6.07) is 2.55. The van der Waals surface area contributed by atoms with Crippen molar-refractivity contribution in [3.05, 3.63) is 18.1 Å². The predicted octanol–water partition coefficient (Wildman–Crippen LogP) is 1.13. The van der Waals surface area contributed by atoms with Crippen LogP contribution in [0.15, 0.2) is 12.4 Å². The smallest absolute Gasteiger partial charge is 0.254 e. The molecule has 7 nitrogen and oxygen atoms in total. The van der Waals surface area contributed by atoms with Crippen molar-refractivity contribution in [3.63, 3.8) is 0 Å². The molecular formula is C16H21N5O2. The van der Waals surface area contributed by atoms with Crippen LogP contribution in [0.2, 0.25) is 0 Å². The van der Waals surface area contributed by atoms with Gasteiger partial charge >= 0.3 is 0 Å². The first-order valence-electron chi connectivity index (χ1n) is 8.28. The average Bonchev–Trinajstić information content (AvgIpc) is 3.26. The van der Waals surface area contributed by atoms with E-state index in [2.05, 4.69) is 26.0 Å². The molecular weight excluding hydrogens is 294 g/mol. The maximum atomic E-state index is 5.87. The van der Waals surface area contributed by atoms with Crippen LogP contribution in [0.3, 0.4) is 0 Å². The fraction of sp³-hybridized carbons (Fsp3) is 0.688. The summed E-state index contributed by atoms with van der Waals surface area (Å²) in [5.74, 6) is 3.96. The highest BCUT2D eigenvalue weighted by Gasteiger charge is 2.60. The molecule has 3 fully saturated rings. The van der Waals surface area contributed by atoms with Crippen molar-refractivity contribution >= 4 is 11.6 Å². The average molecular weight is 315 g/mol. The quantitative estimate of drug-likeness (QED) is 0.843. The minimum Gasteiger partial charge on any atom is -0.379 e. The number of fused-ring (bicyclic) bond motifs is 2.